The van der Waals surface area contributed by atoms with E-state index < -0.39 is 5.72 Å². The molecule has 0 aromatic rings. The van der Waals surface area contributed by atoms with Gasteiger partial charge in [0.05, 0.1) is 0 Å². The molecule has 0 aromatic carbocycles. The van der Waals surface area contributed by atoms with Gasteiger partial charge in [0.25, 0.3) is 0 Å². The summed E-state index contributed by atoms with van der Waals surface area (Å²) in [5.41, 5.74) is -0.620. The quantitative estimate of drug-likeness (QED) is 0.197. The zero-order chi connectivity index (χ0) is 17.9. The van der Waals surface area contributed by atoms with E-state index in [1.165, 1.54) is 89.9 Å². The Kier molecular flexibility index (Phi) is 17.7. The van der Waals surface area contributed by atoms with Crippen molar-refractivity contribution in [3.63, 3.8) is 0 Å². The third-order valence-electron chi connectivity index (χ3n) is 5.23. The molecule has 146 valence electrons. The minimum atomic E-state index is -0.620. The van der Waals surface area contributed by atoms with E-state index in [1.54, 1.807) is 0 Å². The smallest absolute Gasteiger partial charge is 0.115 e. The van der Waals surface area contributed by atoms with Gasteiger partial charge in [-0.1, -0.05) is 111 Å². The zero-order valence-electron chi connectivity index (χ0n) is 17.2. The van der Waals surface area contributed by atoms with Crippen LogP contribution < -0.4 is 5.32 Å². The molecule has 0 bridgehead atoms. The lowest BCUT2D eigenvalue weighted by Gasteiger charge is -2.27. The fraction of sp³-hybridized carbons (Fsp3) is 1.00. The van der Waals surface area contributed by atoms with Crippen LogP contribution in [-0.2, 0) is 0 Å². The van der Waals surface area contributed by atoms with Gasteiger partial charge in [0.1, 0.15) is 5.72 Å². The molecule has 0 spiro atoms. The highest BCUT2D eigenvalue weighted by Gasteiger charge is 2.21. The van der Waals surface area contributed by atoms with Gasteiger partial charge in [-0.05, 0) is 25.8 Å². The molecule has 1 atom stereocenters. The Morgan fingerprint density at radius 2 is 1.00 bits per heavy atom. The van der Waals surface area contributed by atoms with Crippen LogP contribution >= 0.6 is 0 Å². The van der Waals surface area contributed by atoms with E-state index in [2.05, 4.69) is 26.1 Å². The van der Waals surface area contributed by atoms with Crippen molar-refractivity contribution in [2.75, 3.05) is 6.54 Å². The molecule has 0 radical (unpaired) electrons. The second-order valence-corrected chi connectivity index (χ2v) is 7.66. The van der Waals surface area contributed by atoms with Crippen LogP contribution in [0.5, 0.6) is 0 Å². The number of unbranched alkanes of at least 4 members (excludes halogenated alkanes) is 13. The molecule has 2 N–H and O–H groups in total. The normalized spacial score (nSPS) is 14.0. The first-order valence-corrected chi connectivity index (χ1v) is 11.2. The standard InChI is InChI=1S/C22H47NO/c1-4-7-8-9-10-11-12-13-14-15-16-17-18-19-21-23-22(24,6-3)20-5-2/h23-24H,4-21H2,1-3H3. The first-order valence-electron chi connectivity index (χ1n) is 11.2. The molecule has 0 saturated heterocycles. The molecule has 0 fully saturated rings. The first kappa shape index (κ1) is 23.9. The maximum Gasteiger partial charge on any atom is 0.115 e. The maximum absolute atomic E-state index is 10.3. The molecule has 0 heterocycles. The van der Waals surface area contributed by atoms with Crippen LogP contribution in [-0.4, -0.2) is 17.4 Å². The summed E-state index contributed by atoms with van der Waals surface area (Å²) in [5.74, 6) is 0. The summed E-state index contributed by atoms with van der Waals surface area (Å²) in [5, 5.41) is 13.7. The number of hydrogen-bond donors (Lipinski definition) is 2. The molecule has 0 rings (SSSR count). The number of hydrogen-bond acceptors (Lipinski definition) is 2. The van der Waals surface area contributed by atoms with Crippen molar-refractivity contribution in [1.29, 1.82) is 0 Å². The van der Waals surface area contributed by atoms with Gasteiger partial charge in [0.2, 0.25) is 0 Å². The average Bonchev–Trinajstić information content (AvgIpc) is 2.58. The van der Waals surface area contributed by atoms with Crippen molar-refractivity contribution < 1.29 is 5.11 Å². The van der Waals surface area contributed by atoms with Gasteiger partial charge in [0, 0.05) is 0 Å². The molecule has 2 nitrogen and oxygen atoms in total. The van der Waals surface area contributed by atoms with Crippen LogP contribution in [0.15, 0.2) is 0 Å². The number of rotatable bonds is 19. The minimum absolute atomic E-state index is 0.620. The second-order valence-electron chi connectivity index (χ2n) is 7.66. The maximum atomic E-state index is 10.3. The summed E-state index contributed by atoms with van der Waals surface area (Å²) < 4.78 is 0. The van der Waals surface area contributed by atoms with Crippen LogP contribution in [0, 0.1) is 0 Å². The van der Waals surface area contributed by atoms with Crippen molar-refractivity contribution in [3.8, 4) is 0 Å². The summed E-state index contributed by atoms with van der Waals surface area (Å²) in [4.78, 5) is 0. The lowest BCUT2D eigenvalue weighted by molar-refractivity contribution is -0.00735. The Bertz CT molecular complexity index is 244. The van der Waals surface area contributed by atoms with Crippen LogP contribution in [0.1, 0.15) is 130 Å². The van der Waals surface area contributed by atoms with Crippen LogP contribution in [0.25, 0.3) is 0 Å². The Hall–Kier alpha value is -0.0800. The Labute approximate surface area is 153 Å². The first-order chi connectivity index (χ1) is 11.7. The minimum Gasteiger partial charge on any atom is -0.376 e. The predicted octanol–water partition coefficient (Wildman–Crippen LogP) is 6.96. The third-order valence-corrected chi connectivity index (χ3v) is 5.23. The van der Waals surface area contributed by atoms with Crippen LogP contribution in [0.2, 0.25) is 0 Å². The topological polar surface area (TPSA) is 32.3 Å². The molecular formula is C22H47NO. The zero-order valence-corrected chi connectivity index (χ0v) is 17.2. The molecule has 0 aliphatic heterocycles. The summed E-state index contributed by atoms with van der Waals surface area (Å²) >= 11 is 0. The van der Waals surface area contributed by atoms with E-state index in [1.807, 2.05) is 0 Å². The molecule has 0 aliphatic carbocycles. The van der Waals surface area contributed by atoms with Gasteiger partial charge in [-0.3, -0.25) is 5.32 Å². The van der Waals surface area contributed by atoms with Gasteiger partial charge < -0.3 is 5.11 Å². The predicted molar refractivity (Wildman–Crippen MR) is 108 cm³/mol. The van der Waals surface area contributed by atoms with E-state index in [0.717, 1.165) is 25.8 Å². The molecule has 0 amide bonds. The van der Waals surface area contributed by atoms with Gasteiger partial charge in [-0.25, -0.2) is 0 Å². The van der Waals surface area contributed by atoms with E-state index in [-0.39, 0.29) is 0 Å². The summed E-state index contributed by atoms with van der Waals surface area (Å²) in [6, 6.07) is 0. The highest BCUT2D eigenvalue weighted by atomic mass is 16.3. The van der Waals surface area contributed by atoms with Crippen molar-refractivity contribution in [2.45, 2.75) is 136 Å². The Morgan fingerprint density at radius 3 is 1.38 bits per heavy atom. The van der Waals surface area contributed by atoms with Crippen molar-refractivity contribution in [2.24, 2.45) is 0 Å². The van der Waals surface area contributed by atoms with Crippen molar-refractivity contribution >= 4 is 0 Å². The highest BCUT2D eigenvalue weighted by molar-refractivity contribution is 4.72. The fourth-order valence-corrected chi connectivity index (χ4v) is 3.44. The highest BCUT2D eigenvalue weighted by Crippen LogP contribution is 2.15. The van der Waals surface area contributed by atoms with Gasteiger partial charge in [-0.2, -0.15) is 0 Å². The Balaban J connectivity index is 3.20. The molecule has 1 unspecified atom stereocenters. The Morgan fingerprint density at radius 1 is 0.583 bits per heavy atom. The fourth-order valence-electron chi connectivity index (χ4n) is 3.44. The molecule has 2 heteroatoms. The molecule has 0 aliphatic rings. The van der Waals surface area contributed by atoms with Gasteiger partial charge in [-0.15, -0.1) is 0 Å². The summed E-state index contributed by atoms with van der Waals surface area (Å²) in [7, 11) is 0. The van der Waals surface area contributed by atoms with E-state index in [4.69, 9.17) is 0 Å². The molecule has 0 aromatic heterocycles. The van der Waals surface area contributed by atoms with Crippen molar-refractivity contribution in [3.05, 3.63) is 0 Å². The monoisotopic (exact) mass is 341 g/mol. The lowest BCUT2D eigenvalue weighted by atomic mass is 10.0. The van der Waals surface area contributed by atoms with Gasteiger partial charge in [0.15, 0.2) is 0 Å². The largest absolute Gasteiger partial charge is 0.376 e. The van der Waals surface area contributed by atoms with Crippen molar-refractivity contribution in [1.82, 2.24) is 5.32 Å². The third kappa shape index (κ3) is 15.4. The number of nitrogens with one attached hydrogen (secondary N) is 1. The summed E-state index contributed by atoms with van der Waals surface area (Å²) in [6.45, 7) is 7.44. The van der Waals surface area contributed by atoms with Crippen LogP contribution in [0.4, 0.5) is 0 Å². The second kappa shape index (κ2) is 17.7. The van der Waals surface area contributed by atoms with Crippen LogP contribution in [0.3, 0.4) is 0 Å². The molecule has 0 saturated carbocycles. The molecular weight excluding hydrogens is 294 g/mol. The summed E-state index contributed by atoms with van der Waals surface area (Å²) in [6.07, 6.45) is 22.3. The average molecular weight is 342 g/mol. The SMILES string of the molecule is CCCCCCCCCCCCCCCCNC(O)(CC)CCC. The van der Waals surface area contributed by atoms with E-state index >= 15 is 0 Å². The number of aliphatic hydroxyl groups is 1. The molecule has 24 heavy (non-hydrogen) atoms. The van der Waals surface area contributed by atoms with E-state index in [9.17, 15) is 5.11 Å². The van der Waals surface area contributed by atoms with Gasteiger partial charge >= 0.3 is 0 Å². The van der Waals surface area contributed by atoms with E-state index in [0.29, 0.717) is 0 Å². The lowest BCUT2D eigenvalue weighted by Crippen LogP contribution is -2.44.